The minimum Gasteiger partial charge on any atom is -0.215 e. The first kappa shape index (κ1) is 23.3. The Morgan fingerprint density at radius 3 is 1.56 bits per heavy atom. The molecule has 5 aromatic rings. The molecule has 2 aromatic heterocycles. The summed E-state index contributed by atoms with van der Waals surface area (Å²) in [5.74, 6) is 13.3. The third kappa shape index (κ3) is 5.99. The van der Waals surface area contributed by atoms with Gasteiger partial charge in [-0.2, -0.15) is 0 Å². The van der Waals surface area contributed by atoms with Crippen molar-refractivity contribution in [3.8, 4) is 23.7 Å². The van der Waals surface area contributed by atoms with Crippen LogP contribution in [0.2, 0.25) is 0 Å². The second-order valence-electron chi connectivity index (χ2n) is 8.98. The molecule has 2 N–H and O–H groups in total. The van der Waals surface area contributed by atoms with Gasteiger partial charge in [0.05, 0.1) is 0 Å². The molecule has 2 heteroatoms. The summed E-state index contributed by atoms with van der Waals surface area (Å²) in [7, 11) is 0. The highest BCUT2D eigenvalue weighted by Crippen LogP contribution is 2.17. The van der Waals surface area contributed by atoms with E-state index in [-0.39, 0.29) is 0 Å². The average Bonchev–Trinajstić information content (AvgIpc) is 2.93. The second-order valence-corrected chi connectivity index (χ2v) is 8.98. The van der Waals surface area contributed by atoms with E-state index in [1.54, 1.807) is 0 Å². The molecular formula is C34H30N2+2. The van der Waals surface area contributed by atoms with Gasteiger partial charge in [0.2, 0.25) is 0 Å². The summed E-state index contributed by atoms with van der Waals surface area (Å²) < 4.78 is 0. The van der Waals surface area contributed by atoms with Crippen molar-refractivity contribution in [2.75, 3.05) is 0 Å². The molecule has 0 unspecified atom stereocenters. The molecule has 2 nitrogen and oxygen atoms in total. The highest BCUT2D eigenvalue weighted by Gasteiger charge is 2.07. The maximum atomic E-state index is 3.41. The molecule has 0 atom stereocenters. The van der Waals surface area contributed by atoms with E-state index in [1.165, 1.54) is 32.9 Å². The van der Waals surface area contributed by atoms with Crippen molar-refractivity contribution >= 4 is 21.5 Å². The van der Waals surface area contributed by atoms with E-state index in [4.69, 9.17) is 0 Å². The van der Waals surface area contributed by atoms with Crippen molar-refractivity contribution in [1.29, 1.82) is 0 Å². The van der Waals surface area contributed by atoms with Crippen LogP contribution in [0.25, 0.3) is 21.5 Å². The fraction of sp³-hybridized carbons (Fsp3) is 0.176. The number of fused-ring (bicyclic) bond motifs is 2. The number of aromatic nitrogens is 2. The lowest BCUT2D eigenvalue weighted by Gasteiger charge is -1.99. The zero-order valence-corrected chi connectivity index (χ0v) is 20.5. The topological polar surface area (TPSA) is 28.3 Å². The number of hydrogen-bond donors (Lipinski definition) is 0. The van der Waals surface area contributed by atoms with Gasteiger partial charge in [0.25, 0.3) is 0 Å². The predicted octanol–water partition coefficient (Wildman–Crippen LogP) is 6.37. The van der Waals surface area contributed by atoms with E-state index in [9.17, 15) is 0 Å². The van der Waals surface area contributed by atoms with Crippen molar-refractivity contribution in [3.63, 3.8) is 0 Å². The Morgan fingerprint density at radius 2 is 1.03 bits per heavy atom. The van der Waals surface area contributed by atoms with E-state index in [0.29, 0.717) is 0 Å². The van der Waals surface area contributed by atoms with Crippen molar-refractivity contribution < 1.29 is 9.97 Å². The molecule has 0 saturated carbocycles. The molecule has 0 amide bonds. The van der Waals surface area contributed by atoms with Gasteiger partial charge < -0.3 is 0 Å². The SMILES string of the molecule is C(#Cc1cccc(C#CCCCc2[nH+]ccc3ccccc23)c1)CCCc1[nH+]ccc2ccccc12. The molecule has 5 rings (SSSR count). The lowest BCUT2D eigenvalue weighted by Crippen LogP contribution is -2.10. The molecule has 0 saturated heterocycles. The number of H-pyrrole nitrogens is 2. The highest BCUT2D eigenvalue weighted by atomic mass is 14.7. The summed E-state index contributed by atoms with van der Waals surface area (Å²) in [5.41, 5.74) is 4.63. The van der Waals surface area contributed by atoms with E-state index in [1.807, 2.05) is 18.5 Å². The number of aryl methyl sites for hydroxylation is 2. The molecule has 0 bridgehead atoms. The van der Waals surface area contributed by atoms with Gasteiger partial charge in [0.1, 0.15) is 0 Å². The van der Waals surface area contributed by atoms with Crippen molar-refractivity contribution in [1.82, 2.24) is 0 Å². The summed E-state index contributed by atoms with van der Waals surface area (Å²) in [6.45, 7) is 0. The highest BCUT2D eigenvalue weighted by molar-refractivity contribution is 5.83. The predicted molar refractivity (Wildman–Crippen MR) is 147 cm³/mol. The van der Waals surface area contributed by atoms with Gasteiger partial charge in [-0.25, -0.2) is 9.97 Å². The normalized spacial score (nSPS) is 10.4. The monoisotopic (exact) mass is 466 g/mol. The molecule has 0 aliphatic carbocycles. The zero-order valence-electron chi connectivity index (χ0n) is 20.5. The smallest absolute Gasteiger partial charge is 0.187 e. The maximum Gasteiger partial charge on any atom is 0.187 e. The van der Waals surface area contributed by atoms with Crippen LogP contribution in [0.15, 0.2) is 97.3 Å². The second kappa shape index (κ2) is 11.8. The van der Waals surface area contributed by atoms with Crippen LogP contribution in [-0.4, -0.2) is 0 Å². The first-order valence-electron chi connectivity index (χ1n) is 12.7. The fourth-order valence-electron chi connectivity index (χ4n) is 4.58. The van der Waals surface area contributed by atoms with E-state index in [0.717, 1.165) is 49.7 Å². The van der Waals surface area contributed by atoms with Gasteiger partial charge in [-0.1, -0.05) is 66.1 Å². The van der Waals surface area contributed by atoms with Crippen LogP contribution in [0, 0.1) is 23.7 Å². The fourth-order valence-corrected chi connectivity index (χ4v) is 4.58. The summed E-state index contributed by atoms with van der Waals surface area (Å²) in [6, 6.07) is 29.6. The lowest BCUT2D eigenvalue weighted by molar-refractivity contribution is -0.388. The third-order valence-corrected chi connectivity index (χ3v) is 6.40. The van der Waals surface area contributed by atoms with Crippen LogP contribution in [0.1, 0.15) is 48.2 Å². The van der Waals surface area contributed by atoms with Crippen molar-refractivity contribution in [2.24, 2.45) is 0 Å². The largest absolute Gasteiger partial charge is 0.215 e. The van der Waals surface area contributed by atoms with Gasteiger partial charge in [-0.05, 0) is 53.9 Å². The Morgan fingerprint density at radius 1 is 0.528 bits per heavy atom. The Hall–Kier alpha value is -4.40. The van der Waals surface area contributed by atoms with Gasteiger partial charge in [-0.3, -0.25) is 0 Å². The molecule has 0 aliphatic rings. The van der Waals surface area contributed by atoms with Crippen LogP contribution >= 0.6 is 0 Å². The van der Waals surface area contributed by atoms with Gasteiger partial charge in [-0.15, -0.1) is 0 Å². The van der Waals surface area contributed by atoms with Crippen molar-refractivity contribution in [2.45, 2.75) is 38.5 Å². The van der Waals surface area contributed by atoms with E-state index in [2.05, 4.69) is 113 Å². The number of unbranched alkanes of at least 4 members (excludes halogenated alkanes) is 2. The Kier molecular flexibility index (Phi) is 7.67. The maximum absolute atomic E-state index is 3.41. The number of rotatable bonds is 6. The number of nitrogens with one attached hydrogen (secondary N) is 2. The standard InChI is InChI=1S/C34H28N2/c1(5-20-33-31-18-9-7-16-29(31)22-24-35-33)3-12-27-14-11-15-28(26-27)13-4-2-6-21-34-32-19-10-8-17-30(32)23-25-36-34/h7-11,14-19,22-26H,1-2,5-6,20-21H2/p+2. The molecular weight excluding hydrogens is 436 g/mol. The molecule has 174 valence electrons. The summed E-state index contributed by atoms with van der Waals surface area (Å²) in [4.78, 5) is 6.82. The number of pyridine rings is 2. The Bertz CT molecular complexity index is 1480. The Labute approximate surface area is 213 Å². The van der Waals surface area contributed by atoms with Crippen LogP contribution < -0.4 is 9.97 Å². The number of benzene rings is 3. The quantitative estimate of drug-likeness (QED) is 0.205. The van der Waals surface area contributed by atoms with Gasteiger partial charge in [0.15, 0.2) is 23.8 Å². The summed E-state index contributed by atoms with van der Waals surface area (Å²) >= 11 is 0. The van der Waals surface area contributed by atoms with E-state index < -0.39 is 0 Å². The lowest BCUT2D eigenvalue weighted by atomic mass is 10.1. The molecule has 2 heterocycles. The first-order chi connectivity index (χ1) is 17.9. The molecule has 3 aromatic carbocycles. The third-order valence-electron chi connectivity index (χ3n) is 6.40. The number of aromatic amines is 2. The van der Waals surface area contributed by atoms with Gasteiger partial charge in [0, 0.05) is 59.7 Å². The minimum absolute atomic E-state index is 0.873. The minimum atomic E-state index is 0.873. The average molecular weight is 467 g/mol. The van der Waals surface area contributed by atoms with Crippen LogP contribution in [-0.2, 0) is 12.8 Å². The van der Waals surface area contributed by atoms with Crippen LogP contribution in [0.3, 0.4) is 0 Å². The first-order valence-corrected chi connectivity index (χ1v) is 12.7. The van der Waals surface area contributed by atoms with Crippen LogP contribution in [0.4, 0.5) is 0 Å². The molecule has 0 fully saturated rings. The van der Waals surface area contributed by atoms with Crippen molar-refractivity contribution in [3.05, 3.63) is 120 Å². The van der Waals surface area contributed by atoms with E-state index >= 15 is 0 Å². The van der Waals surface area contributed by atoms with Crippen LogP contribution in [0.5, 0.6) is 0 Å². The van der Waals surface area contributed by atoms with Gasteiger partial charge >= 0.3 is 0 Å². The molecule has 0 radical (unpaired) electrons. The summed E-state index contributed by atoms with van der Waals surface area (Å²) in [5, 5.41) is 5.16. The summed E-state index contributed by atoms with van der Waals surface area (Å²) in [6.07, 6.45) is 9.86. The number of hydrogen-bond acceptors (Lipinski definition) is 0. The Balaban J connectivity index is 1.11. The molecule has 0 aliphatic heterocycles. The molecule has 0 spiro atoms. The zero-order chi connectivity index (χ0) is 24.4. The molecule has 36 heavy (non-hydrogen) atoms.